The van der Waals surface area contributed by atoms with Gasteiger partial charge in [-0.25, -0.2) is 0 Å². The molecule has 0 aliphatic carbocycles. The first-order valence-corrected chi connectivity index (χ1v) is 22.8. The molecule has 0 bridgehead atoms. The van der Waals surface area contributed by atoms with Crippen LogP contribution in [0.3, 0.4) is 0 Å². The lowest BCUT2D eigenvalue weighted by Crippen LogP contribution is -2.14. The van der Waals surface area contributed by atoms with Crippen molar-refractivity contribution in [2.24, 2.45) is 0 Å². The number of fused-ring (bicyclic) bond motifs is 5. The van der Waals surface area contributed by atoms with Crippen LogP contribution in [0.2, 0.25) is 0 Å². The molecule has 12 rings (SSSR count). The average molecular weight is 857 g/mol. The summed E-state index contributed by atoms with van der Waals surface area (Å²) in [6.45, 7) is 0. The van der Waals surface area contributed by atoms with Crippen LogP contribution >= 0.6 is 0 Å². The molecule has 0 spiro atoms. The minimum absolute atomic E-state index is 0.793. The highest BCUT2D eigenvalue weighted by Gasteiger charge is 2.28. The zero-order chi connectivity index (χ0) is 44.5. The summed E-state index contributed by atoms with van der Waals surface area (Å²) in [6.07, 6.45) is 0. The first-order chi connectivity index (χ1) is 33.3. The number of benzene rings is 11. The maximum atomic E-state index is 7.45. The van der Waals surface area contributed by atoms with E-state index in [2.05, 4.69) is 277 Å². The number of nitrogens with zero attached hydrogens (tertiary/aromatic N) is 2. The Bertz CT molecular complexity index is 3660. The van der Waals surface area contributed by atoms with Crippen LogP contribution in [0, 0.1) is 0 Å². The highest BCUT2D eigenvalue weighted by Crippen LogP contribution is 2.52. The van der Waals surface area contributed by atoms with Crippen LogP contribution in [0.5, 0.6) is 0 Å². The van der Waals surface area contributed by atoms with E-state index in [1.54, 1.807) is 0 Å². The SMILES string of the molecule is c1ccc(-c2ccc(N(c3ccccc3-c3ccccc3)c3ccc(N(c4ccc(-c5ccccc5)cc4)c4ccccc4-c4ccccc4)c4c3oc3c5ccccc5ccc34)cc2)cc1. The van der Waals surface area contributed by atoms with E-state index in [4.69, 9.17) is 4.42 Å². The van der Waals surface area contributed by atoms with Crippen molar-refractivity contribution in [1.82, 2.24) is 0 Å². The Kier molecular flexibility index (Phi) is 10.2. The molecule has 316 valence electrons. The summed E-state index contributed by atoms with van der Waals surface area (Å²) in [4.78, 5) is 4.80. The molecule has 11 aromatic carbocycles. The minimum Gasteiger partial charge on any atom is -0.453 e. The summed E-state index contributed by atoms with van der Waals surface area (Å²) < 4.78 is 7.45. The molecular weight excluding hydrogens is 813 g/mol. The van der Waals surface area contributed by atoms with Crippen LogP contribution in [-0.4, -0.2) is 0 Å². The fourth-order valence-electron chi connectivity index (χ4n) is 9.68. The van der Waals surface area contributed by atoms with Gasteiger partial charge in [0, 0.05) is 33.3 Å². The highest BCUT2D eigenvalue weighted by molar-refractivity contribution is 6.22. The van der Waals surface area contributed by atoms with Gasteiger partial charge >= 0.3 is 0 Å². The Labute approximate surface area is 390 Å². The lowest BCUT2D eigenvalue weighted by atomic mass is 9.98. The second-order valence-corrected chi connectivity index (χ2v) is 16.8. The average Bonchev–Trinajstić information content (AvgIpc) is 3.82. The fraction of sp³-hybridized carbons (Fsp3) is 0. The zero-order valence-electron chi connectivity index (χ0n) is 36.7. The molecule has 0 atom stereocenters. The standard InChI is InChI=1S/C64H44N2O/c1-5-19-45(20-6-1)47-33-38-52(39-34-47)65(58-31-17-15-28-54(58)49-23-9-3-10-24-49)60-43-44-61(64-62(60)57-42-37-51-27-13-14-30-56(51)63(57)67-64)66(53-40-35-48(36-41-53)46-21-7-2-8-22-46)59-32-18-16-29-55(59)50-25-11-4-12-26-50/h1-44H. The Morgan fingerprint density at radius 1 is 0.239 bits per heavy atom. The summed E-state index contributed by atoms with van der Waals surface area (Å²) in [7, 11) is 0. The monoisotopic (exact) mass is 856 g/mol. The molecule has 0 radical (unpaired) electrons. The quantitative estimate of drug-likeness (QED) is 0.137. The van der Waals surface area contributed by atoms with Crippen molar-refractivity contribution in [2.45, 2.75) is 0 Å². The van der Waals surface area contributed by atoms with Gasteiger partial charge in [-0.15, -0.1) is 0 Å². The molecule has 0 amide bonds. The fourth-order valence-corrected chi connectivity index (χ4v) is 9.68. The van der Waals surface area contributed by atoms with E-state index < -0.39 is 0 Å². The molecule has 1 aromatic heterocycles. The Morgan fingerprint density at radius 2 is 0.642 bits per heavy atom. The van der Waals surface area contributed by atoms with Crippen molar-refractivity contribution in [2.75, 3.05) is 9.80 Å². The van der Waals surface area contributed by atoms with E-state index in [0.717, 1.165) is 100 Å². The third-order valence-electron chi connectivity index (χ3n) is 12.9. The Morgan fingerprint density at radius 3 is 1.16 bits per heavy atom. The topological polar surface area (TPSA) is 19.6 Å². The summed E-state index contributed by atoms with van der Waals surface area (Å²) in [5, 5.41) is 4.27. The lowest BCUT2D eigenvalue weighted by molar-refractivity contribution is 0.673. The van der Waals surface area contributed by atoms with Gasteiger partial charge in [0.15, 0.2) is 5.58 Å². The molecule has 12 aromatic rings. The molecule has 0 unspecified atom stereocenters. The van der Waals surface area contributed by atoms with Crippen molar-refractivity contribution in [1.29, 1.82) is 0 Å². The maximum Gasteiger partial charge on any atom is 0.161 e. The van der Waals surface area contributed by atoms with Gasteiger partial charge in [-0.05, 0) is 93.4 Å². The van der Waals surface area contributed by atoms with Gasteiger partial charge in [-0.3, -0.25) is 0 Å². The van der Waals surface area contributed by atoms with Gasteiger partial charge in [0.2, 0.25) is 0 Å². The van der Waals surface area contributed by atoms with Crippen LogP contribution in [0.15, 0.2) is 271 Å². The molecule has 0 aliphatic heterocycles. The summed E-state index contributed by atoms with van der Waals surface area (Å²) in [5.41, 5.74) is 16.9. The van der Waals surface area contributed by atoms with E-state index in [1.165, 1.54) is 11.1 Å². The van der Waals surface area contributed by atoms with Gasteiger partial charge < -0.3 is 14.2 Å². The third-order valence-corrected chi connectivity index (χ3v) is 12.9. The molecule has 0 saturated carbocycles. The number of hydrogen-bond donors (Lipinski definition) is 0. The van der Waals surface area contributed by atoms with Crippen LogP contribution in [0.4, 0.5) is 34.1 Å². The normalized spacial score (nSPS) is 11.3. The first-order valence-electron chi connectivity index (χ1n) is 22.8. The molecule has 1 heterocycles. The minimum atomic E-state index is 0.793. The molecule has 0 saturated heterocycles. The van der Waals surface area contributed by atoms with Crippen molar-refractivity contribution in [3.8, 4) is 44.5 Å². The van der Waals surface area contributed by atoms with Crippen molar-refractivity contribution < 1.29 is 4.42 Å². The molecule has 3 nitrogen and oxygen atoms in total. The second kappa shape index (κ2) is 17.2. The molecule has 0 N–H and O–H groups in total. The van der Waals surface area contributed by atoms with Crippen LogP contribution in [-0.2, 0) is 0 Å². The van der Waals surface area contributed by atoms with Crippen LogP contribution in [0.1, 0.15) is 0 Å². The van der Waals surface area contributed by atoms with E-state index >= 15 is 0 Å². The van der Waals surface area contributed by atoms with Crippen molar-refractivity contribution in [3.05, 3.63) is 267 Å². The number of para-hydroxylation sites is 2. The number of anilines is 6. The summed E-state index contributed by atoms with van der Waals surface area (Å²) >= 11 is 0. The van der Waals surface area contributed by atoms with Crippen LogP contribution < -0.4 is 9.80 Å². The van der Waals surface area contributed by atoms with Gasteiger partial charge in [0.05, 0.1) is 28.1 Å². The predicted molar refractivity (Wildman–Crippen MR) is 282 cm³/mol. The Hall–Kier alpha value is -8.92. The molecular formula is C64H44N2O. The van der Waals surface area contributed by atoms with E-state index in [0.29, 0.717) is 0 Å². The number of hydrogen-bond acceptors (Lipinski definition) is 3. The van der Waals surface area contributed by atoms with Crippen molar-refractivity contribution in [3.63, 3.8) is 0 Å². The number of furan rings is 1. The van der Waals surface area contributed by atoms with E-state index in [1.807, 2.05) is 0 Å². The van der Waals surface area contributed by atoms with Gasteiger partial charge in [0.1, 0.15) is 5.58 Å². The van der Waals surface area contributed by atoms with Gasteiger partial charge in [-0.1, -0.05) is 212 Å². The molecule has 0 aliphatic rings. The smallest absolute Gasteiger partial charge is 0.161 e. The number of rotatable bonds is 10. The second-order valence-electron chi connectivity index (χ2n) is 16.8. The van der Waals surface area contributed by atoms with Gasteiger partial charge in [-0.2, -0.15) is 0 Å². The first kappa shape index (κ1) is 39.7. The van der Waals surface area contributed by atoms with Gasteiger partial charge in [0.25, 0.3) is 0 Å². The maximum absolute atomic E-state index is 7.45. The zero-order valence-corrected chi connectivity index (χ0v) is 36.7. The largest absolute Gasteiger partial charge is 0.453 e. The summed E-state index contributed by atoms with van der Waals surface area (Å²) in [5.74, 6) is 0. The third kappa shape index (κ3) is 7.29. The predicted octanol–water partition coefficient (Wildman–Crippen LogP) is 18.3. The lowest BCUT2D eigenvalue weighted by Gasteiger charge is -2.31. The van der Waals surface area contributed by atoms with E-state index in [9.17, 15) is 0 Å². The molecule has 67 heavy (non-hydrogen) atoms. The van der Waals surface area contributed by atoms with E-state index in [-0.39, 0.29) is 0 Å². The van der Waals surface area contributed by atoms with Crippen LogP contribution in [0.25, 0.3) is 77.2 Å². The highest BCUT2D eigenvalue weighted by atomic mass is 16.3. The van der Waals surface area contributed by atoms with Crippen molar-refractivity contribution >= 4 is 66.8 Å². The molecule has 3 heteroatoms. The summed E-state index contributed by atoms with van der Waals surface area (Å²) in [6, 6.07) is 95.4. The molecule has 0 fully saturated rings. The Balaban J connectivity index is 1.15.